The van der Waals surface area contributed by atoms with Crippen molar-refractivity contribution in [3.05, 3.63) is 35.6 Å². The molecule has 1 aromatic carbocycles. The fourth-order valence-corrected chi connectivity index (χ4v) is 1.76. The largest absolute Gasteiger partial charge is 0.379 e. The quantitative estimate of drug-likeness (QED) is 0.814. The molecule has 1 rings (SSSR count). The third-order valence-corrected chi connectivity index (χ3v) is 2.62. The van der Waals surface area contributed by atoms with Gasteiger partial charge in [-0.25, -0.2) is 4.39 Å². The van der Waals surface area contributed by atoms with E-state index in [0.717, 1.165) is 0 Å². The Labute approximate surface area is 108 Å². The predicted octanol–water partition coefficient (Wildman–Crippen LogP) is 2.66. The van der Waals surface area contributed by atoms with Gasteiger partial charge in [0.05, 0.1) is 12.7 Å². The molecule has 0 aliphatic heterocycles. The Morgan fingerprint density at radius 3 is 2.50 bits per heavy atom. The second kappa shape index (κ2) is 7.46. The minimum Gasteiger partial charge on any atom is -0.379 e. The van der Waals surface area contributed by atoms with Crippen molar-refractivity contribution in [2.45, 2.75) is 39.0 Å². The average Bonchev–Trinajstić information content (AvgIpc) is 2.34. The van der Waals surface area contributed by atoms with Gasteiger partial charge in [0.2, 0.25) is 0 Å². The second-order valence-corrected chi connectivity index (χ2v) is 4.41. The van der Waals surface area contributed by atoms with Crippen molar-refractivity contribution < 1.29 is 13.9 Å². The van der Waals surface area contributed by atoms with Crippen LogP contribution in [0.15, 0.2) is 24.3 Å². The first kappa shape index (κ1) is 15.1. The Morgan fingerprint density at radius 1 is 1.28 bits per heavy atom. The molecule has 0 saturated heterocycles. The smallest absolute Gasteiger partial charge is 0.129 e. The fraction of sp³-hybridized carbons (Fsp3) is 0.571. The van der Waals surface area contributed by atoms with Gasteiger partial charge in [0, 0.05) is 18.2 Å². The maximum atomic E-state index is 13.7. The summed E-state index contributed by atoms with van der Waals surface area (Å²) in [6, 6.07) is 6.27. The van der Waals surface area contributed by atoms with E-state index in [4.69, 9.17) is 15.2 Å². The average molecular weight is 255 g/mol. The van der Waals surface area contributed by atoms with Crippen LogP contribution in [0.1, 0.15) is 32.4 Å². The first-order chi connectivity index (χ1) is 8.56. The molecule has 0 saturated carbocycles. The number of ether oxygens (including phenoxy) is 2. The zero-order valence-corrected chi connectivity index (χ0v) is 11.2. The maximum absolute atomic E-state index is 13.7. The van der Waals surface area contributed by atoms with Gasteiger partial charge in [0.1, 0.15) is 11.9 Å². The van der Waals surface area contributed by atoms with Gasteiger partial charge in [-0.05, 0) is 26.8 Å². The standard InChI is InChI=1S/C14H22FNO2/c1-4-17-9-10(2)18-14(11(3)16)12-7-5-6-8-13(12)15/h5-8,10-11,14H,4,9,16H2,1-3H3. The van der Waals surface area contributed by atoms with Crippen LogP contribution in [0.4, 0.5) is 4.39 Å². The van der Waals surface area contributed by atoms with E-state index in [1.807, 2.05) is 20.8 Å². The Hall–Kier alpha value is -0.970. The lowest BCUT2D eigenvalue weighted by Crippen LogP contribution is -2.31. The summed E-state index contributed by atoms with van der Waals surface area (Å²) in [5, 5.41) is 0. The Kier molecular flexibility index (Phi) is 6.25. The zero-order valence-electron chi connectivity index (χ0n) is 11.2. The number of benzene rings is 1. The molecule has 0 amide bonds. The molecule has 18 heavy (non-hydrogen) atoms. The summed E-state index contributed by atoms with van der Waals surface area (Å²) in [7, 11) is 0. The Balaban J connectivity index is 2.75. The van der Waals surface area contributed by atoms with Gasteiger partial charge in [0.15, 0.2) is 0 Å². The van der Waals surface area contributed by atoms with Crippen LogP contribution in [0, 0.1) is 5.82 Å². The molecule has 3 atom stereocenters. The number of hydrogen-bond donors (Lipinski definition) is 1. The highest BCUT2D eigenvalue weighted by Crippen LogP contribution is 2.24. The normalized spacial score (nSPS) is 16.3. The third kappa shape index (κ3) is 4.37. The van der Waals surface area contributed by atoms with Crippen LogP contribution in [-0.4, -0.2) is 25.4 Å². The number of rotatable bonds is 7. The molecule has 3 nitrogen and oxygen atoms in total. The SMILES string of the molecule is CCOCC(C)OC(c1ccccc1F)C(C)N. The van der Waals surface area contributed by atoms with E-state index in [1.165, 1.54) is 6.07 Å². The van der Waals surface area contributed by atoms with Gasteiger partial charge in [-0.15, -0.1) is 0 Å². The molecule has 1 aromatic rings. The van der Waals surface area contributed by atoms with Gasteiger partial charge in [-0.3, -0.25) is 0 Å². The first-order valence-corrected chi connectivity index (χ1v) is 6.29. The molecule has 0 radical (unpaired) electrons. The van der Waals surface area contributed by atoms with Crippen LogP contribution < -0.4 is 5.73 Å². The number of halogens is 1. The number of hydrogen-bond acceptors (Lipinski definition) is 3. The Bertz CT molecular complexity index is 357. The molecule has 0 spiro atoms. The van der Waals surface area contributed by atoms with Gasteiger partial charge in [-0.1, -0.05) is 18.2 Å². The second-order valence-electron chi connectivity index (χ2n) is 4.41. The van der Waals surface area contributed by atoms with E-state index in [2.05, 4.69) is 0 Å². The van der Waals surface area contributed by atoms with Gasteiger partial charge >= 0.3 is 0 Å². The summed E-state index contributed by atoms with van der Waals surface area (Å²) in [5.74, 6) is -0.289. The molecule has 2 N–H and O–H groups in total. The summed E-state index contributed by atoms with van der Waals surface area (Å²) >= 11 is 0. The van der Waals surface area contributed by atoms with Crippen LogP contribution in [0.25, 0.3) is 0 Å². The van der Waals surface area contributed by atoms with Crippen LogP contribution in [0.2, 0.25) is 0 Å². The molecule has 3 unspecified atom stereocenters. The molecular formula is C14H22FNO2. The van der Waals surface area contributed by atoms with Crippen molar-refractivity contribution >= 4 is 0 Å². The maximum Gasteiger partial charge on any atom is 0.129 e. The minimum absolute atomic E-state index is 0.124. The van der Waals surface area contributed by atoms with Gasteiger partial charge in [-0.2, -0.15) is 0 Å². The van der Waals surface area contributed by atoms with E-state index in [0.29, 0.717) is 18.8 Å². The molecular weight excluding hydrogens is 233 g/mol. The van der Waals surface area contributed by atoms with Gasteiger partial charge < -0.3 is 15.2 Å². The van der Waals surface area contributed by atoms with Gasteiger partial charge in [0.25, 0.3) is 0 Å². The van der Waals surface area contributed by atoms with Crippen LogP contribution in [0.3, 0.4) is 0 Å². The van der Waals surface area contributed by atoms with E-state index in [-0.39, 0.29) is 18.0 Å². The lowest BCUT2D eigenvalue weighted by molar-refractivity contribution is -0.0561. The van der Waals surface area contributed by atoms with E-state index in [9.17, 15) is 4.39 Å². The first-order valence-electron chi connectivity index (χ1n) is 6.29. The summed E-state index contributed by atoms with van der Waals surface area (Å²) < 4.78 is 24.8. The van der Waals surface area contributed by atoms with Crippen molar-refractivity contribution in [2.24, 2.45) is 5.73 Å². The number of nitrogens with two attached hydrogens (primary N) is 1. The highest BCUT2D eigenvalue weighted by atomic mass is 19.1. The van der Waals surface area contributed by atoms with E-state index < -0.39 is 6.10 Å². The van der Waals surface area contributed by atoms with Crippen LogP contribution >= 0.6 is 0 Å². The van der Waals surface area contributed by atoms with Crippen LogP contribution in [0.5, 0.6) is 0 Å². The monoisotopic (exact) mass is 255 g/mol. The Morgan fingerprint density at radius 2 is 1.94 bits per heavy atom. The summed E-state index contributed by atoms with van der Waals surface area (Å²) in [4.78, 5) is 0. The molecule has 102 valence electrons. The highest BCUT2D eigenvalue weighted by molar-refractivity contribution is 5.21. The van der Waals surface area contributed by atoms with Crippen molar-refractivity contribution in [1.82, 2.24) is 0 Å². The third-order valence-electron chi connectivity index (χ3n) is 2.62. The molecule has 4 heteroatoms. The topological polar surface area (TPSA) is 44.5 Å². The highest BCUT2D eigenvalue weighted by Gasteiger charge is 2.22. The van der Waals surface area contributed by atoms with E-state index in [1.54, 1.807) is 18.2 Å². The lowest BCUT2D eigenvalue weighted by atomic mass is 10.0. The molecule has 0 bridgehead atoms. The summed E-state index contributed by atoms with van der Waals surface area (Å²) in [5.41, 5.74) is 6.38. The molecule has 0 aliphatic rings. The molecule has 0 aliphatic carbocycles. The fourth-order valence-electron chi connectivity index (χ4n) is 1.76. The van der Waals surface area contributed by atoms with E-state index >= 15 is 0 Å². The van der Waals surface area contributed by atoms with Crippen molar-refractivity contribution in [2.75, 3.05) is 13.2 Å². The summed E-state index contributed by atoms with van der Waals surface area (Å²) in [6.07, 6.45) is -0.581. The predicted molar refractivity (Wildman–Crippen MR) is 69.8 cm³/mol. The summed E-state index contributed by atoms with van der Waals surface area (Å²) in [6.45, 7) is 6.74. The van der Waals surface area contributed by atoms with Crippen molar-refractivity contribution in [3.63, 3.8) is 0 Å². The molecule has 0 fully saturated rings. The lowest BCUT2D eigenvalue weighted by Gasteiger charge is -2.26. The zero-order chi connectivity index (χ0) is 13.5. The molecule has 0 aromatic heterocycles. The van der Waals surface area contributed by atoms with Crippen LogP contribution in [-0.2, 0) is 9.47 Å². The molecule has 0 heterocycles. The van der Waals surface area contributed by atoms with Crippen molar-refractivity contribution in [3.8, 4) is 0 Å². The minimum atomic E-state index is -0.457. The van der Waals surface area contributed by atoms with Crippen molar-refractivity contribution in [1.29, 1.82) is 0 Å².